The zero-order chi connectivity index (χ0) is 14.3. The molecule has 1 atom stereocenters. The van der Waals surface area contributed by atoms with Gasteiger partial charge in [-0.1, -0.05) is 0 Å². The highest BCUT2D eigenvalue weighted by molar-refractivity contribution is 7.91. The number of nitrogens with two attached hydrogens (primary N) is 1. The van der Waals surface area contributed by atoms with Crippen LogP contribution in [0.5, 0.6) is 0 Å². The van der Waals surface area contributed by atoms with Gasteiger partial charge >= 0.3 is 0 Å². The second-order valence-corrected chi connectivity index (χ2v) is 8.62. The third-order valence-electron chi connectivity index (χ3n) is 3.42. The third-order valence-corrected chi connectivity index (χ3v) is 6.20. The number of nitrogen functional groups attached to an aromatic ring is 1. The molecule has 0 spiro atoms. The Morgan fingerprint density at radius 3 is 3.00 bits per heavy atom. The molecule has 0 saturated carbocycles. The van der Waals surface area contributed by atoms with Crippen LogP contribution in [0, 0.1) is 12.8 Å². The van der Waals surface area contributed by atoms with Crippen LogP contribution < -0.4 is 11.1 Å². The monoisotopic (exact) mass is 312 g/mol. The largest absolute Gasteiger partial charge is 0.369 e. The molecule has 1 fully saturated rings. The highest BCUT2D eigenvalue weighted by atomic mass is 32.2. The predicted molar refractivity (Wildman–Crippen MR) is 81.8 cm³/mol. The van der Waals surface area contributed by atoms with Gasteiger partial charge in [0.1, 0.15) is 10.6 Å². The minimum Gasteiger partial charge on any atom is -0.369 e. The molecule has 2 aromatic rings. The Labute approximate surface area is 121 Å². The van der Waals surface area contributed by atoms with E-state index in [9.17, 15) is 8.42 Å². The summed E-state index contributed by atoms with van der Waals surface area (Å²) in [7, 11) is -2.84. The first-order valence-corrected chi connectivity index (χ1v) is 9.05. The van der Waals surface area contributed by atoms with Gasteiger partial charge in [0, 0.05) is 11.4 Å². The van der Waals surface area contributed by atoms with Crippen LogP contribution in [0.2, 0.25) is 0 Å². The second-order valence-electron chi connectivity index (χ2n) is 5.16. The van der Waals surface area contributed by atoms with Crippen molar-refractivity contribution in [2.24, 2.45) is 5.92 Å². The first-order valence-electron chi connectivity index (χ1n) is 6.41. The van der Waals surface area contributed by atoms with Crippen LogP contribution in [0.25, 0.3) is 10.2 Å². The third kappa shape index (κ3) is 2.71. The average molecular weight is 312 g/mol. The van der Waals surface area contributed by atoms with Crippen molar-refractivity contribution in [1.29, 1.82) is 0 Å². The van der Waals surface area contributed by atoms with Crippen molar-refractivity contribution in [3.8, 4) is 0 Å². The minimum absolute atomic E-state index is 0.144. The first-order chi connectivity index (χ1) is 9.43. The second kappa shape index (κ2) is 4.85. The maximum atomic E-state index is 11.5. The molecule has 20 heavy (non-hydrogen) atoms. The fourth-order valence-electron chi connectivity index (χ4n) is 2.47. The van der Waals surface area contributed by atoms with Gasteiger partial charge in [-0.25, -0.2) is 13.4 Å². The summed E-state index contributed by atoms with van der Waals surface area (Å²) in [4.78, 5) is 10.4. The summed E-state index contributed by atoms with van der Waals surface area (Å²) in [5.41, 5.74) is 5.71. The molecular formula is C12H16N4O2S2. The number of thiophene rings is 1. The molecule has 108 valence electrons. The van der Waals surface area contributed by atoms with Crippen molar-refractivity contribution in [3.05, 3.63) is 10.9 Å². The van der Waals surface area contributed by atoms with E-state index >= 15 is 0 Å². The molecular weight excluding hydrogens is 296 g/mol. The highest BCUT2D eigenvalue weighted by Gasteiger charge is 2.27. The molecule has 3 rings (SSSR count). The highest BCUT2D eigenvalue weighted by Crippen LogP contribution is 2.29. The molecule has 0 amide bonds. The summed E-state index contributed by atoms with van der Waals surface area (Å²) in [6, 6.07) is 2.02. The van der Waals surface area contributed by atoms with Crippen LogP contribution >= 0.6 is 11.3 Å². The molecule has 1 aliphatic rings. The van der Waals surface area contributed by atoms with Crippen molar-refractivity contribution >= 4 is 43.2 Å². The number of hydrogen-bond donors (Lipinski definition) is 2. The Morgan fingerprint density at radius 1 is 1.50 bits per heavy atom. The SMILES string of the molecule is Cc1cc2c(NCC3CCS(=O)(=O)C3)nc(N)nc2s1. The van der Waals surface area contributed by atoms with Gasteiger partial charge in [0.25, 0.3) is 0 Å². The Hall–Kier alpha value is -1.41. The van der Waals surface area contributed by atoms with Crippen molar-refractivity contribution in [2.45, 2.75) is 13.3 Å². The quantitative estimate of drug-likeness (QED) is 0.889. The summed E-state index contributed by atoms with van der Waals surface area (Å²) in [5, 5.41) is 4.18. The van der Waals surface area contributed by atoms with Gasteiger partial charge in [0.05, 0.1) is 16.9 Å². The molecule has 8 heteroatoms. The molecule has 0 aromatic carbocycles. The number of nitrogens with zero attached hydrogens (tertiary/aromatic N) is 2. The molecule has 0 aliphatic carbocycles. The number of nitrogens with one attached hydrogen (secondary N) is 1. The summed E-state index contributed by atoms with van der Waals surface area (Å²) >= 11 is 1.57. The topological polar surface area (TPSA) is 98.0 Å². The molecule has 3 heterocycles. The Kier molecular flexibility index (Phi) is 3.29. The van der Waals surface area contributed by atoms with Gasteiger partial charge in [0.15, 0.2) is 9.84 Å². The van der Waals surface area contributed by atoms with Gasteiger partial charge in [-0.15, -0.1) is 11.3 Å². The smallest absolute Gasteiger partial charge is 0.223 e. The fraction of sp³-hybridized carbons (Fsp3) is 0.500. The van der Waals surface area contributed by atoms with E-state index in [0.29, 0.717) is 18.8 Å². The van der Waals surface area contributed by atoms with Crippen molar-refractivity contribution in [2.75, 3.05) is 29.1 Å². The van der Waals surface area contributed by atoms with Gasteiger partial charge in [-0.3, -0.25) is 0 Å². The number of aromatic nitrogens is 2. The summed E-state index contributed by atoms with van der Waals surface area (Å²) in [6.07, 6.45) is 0.710. The van der Waals surface area contributed by atoms with Crippen molar-refractivity contribution in [3.63, 3.8) is 0 Å². The van der Waals surface area contributed by atoms with Gasteiger partial charge < -0.3 is 11.1 Å². The number of rotatable bonds is 3. The molecule has 0 radical (unpaired) electrons. The van der Waals surface area contributed by atoms with E-state index in [2.05, 4.69) is 15.3 Å². The number of hydrogen-bond acceptors (Lipinski definition) is 7. The van der Waals surface area contributed by atoms with Crippen LogP contribution in [0.4, 0.5) is 11.8 Å². The Morgan fingerprint density at radius 2 is 2.30 bits per heavy atom. The van der Waals surface area contributed by atoms with E-state index < -0.39 is 9.84 Å². The predicted octanol–water partition coefficient (Wildman–Crippen LogP) is 1.43. The van der Waals surface area contributed by atoms with Gasteiger partial charge in [-0.2, -0.15) is 4.98 Å². The van der Waals surface area contributed by atoms with E-state index in [1.165, 1.54) is 0 Å². The zero-order valence-corrected chi connectivity index (χ0v) is 12.7. The maximum Gasteiger partial charge on any atom is 0.223 e. The minimum atomic E-state index is -2.84. The van der Waals surface area contributed by atoms with E-state index in [-0.39, 0.29) is 23.4 Å². The standard InChI is InChI=1S/C12H16N4O2S2/c1-7-4-9-10(15-12(13)16-11(9)19-7)14-5-8-2-3-20(17,18)6-8/h4,8H,2-3,5-6H2,1H3,(H3,13,14,15,16). The lowest BCUT2D eigenvalue weighted by Crippen LogP contribution is -2.16. The van der Waals surface area contributed by atoms with Crippen LogP contribution in [0.15, 0.2) is 6.07 Å². The average Bonchev–Trinajstić information content (AvgIpc) is 2.88. The molecule has 3 N–H and O–H groups in total. The molecule has 2 aromatic heterocycles. The summed E-state index contributed by atoms with van der Waals surface area (Å²) in [5.74, 6) is 1.62. The van der Waals surface area contributed by atoms with Crippen LogP contribution in [0.1, 0.15) is 11.3 Å². The fourth-order valence-corrected chi connectivity index (χ4v) is 5.22. The molecule has 1 unspecified atom stereocenters. The van der Waals surface area contributed by atoms with E-state index in [0.717, 1.165) is 15.1 Å². The van der Waals surface area contributed by atoms with E-state index in [1.54, 1.807) is 11.3 Å². The first kappa shape index (κ1) is 13.6. The number of fused-ring (bicyclic) bond motifs is 1. The molecule has 0 bridgehead atoms. The molecule has 1 saturated heterocycles. The Bertz CT molecular complexity index is 754. The van der Waals surface area contributed by atoms with Crippen LogP contribution in [0.3, 0.4) is 0 Å². The normalized spacial score (nSPS) is 21.4. The number of aryl methyl sites for hydroxylation is 1. The Balaban J connectivity index is 1.81. The van der Waals surface area contributed by atoms with Gasteiger partial charge in [0.2, 0.25) is 5.95 Å². The van der Waals surface area contributed by atoms with Crippen molar-refractivity contribution < 1.29 is 8.42 Å². The van der Waals surface area contributed by atoms with Crippen molar-refractivity contribution in [1.82, 2.24) is 9.97 Å². The van der Waals surface area contributed by atoms with E-state index in [1.807, 2.05) is 13.0 Å². The lowest BCUT2D eigenvalue weighted by Gasteiger charge is -2.11. The summed E-state index contributed by atoms with van der Waals surface area (Å²) < 4.78 is 22.9. The van der Waals surface area contributed by atoms with Gasteiger partial charge in [-0.05, 0) is 25.3 Å². The zero-order valence-electron chi connectivity index (χ0n) is 11.1. The molecule has 1 aliphatic heterocycles. The maximum absolute atomic E-state index is 11.5. The lowest BCUT2D eigenvalue weighted by molar-refractivity contribution is 0.596. The van der Waals surface area contributed by atoms with E-state index in [4.69, 9.17) is 5.73 Å². The lowest BCUT2D eigenvalue weighted by atomic mass is 10.1. The van der Waals surface area contributed by atoms with Crippen LogP contribution in [-0.4, -0.2) is 36.4 Å². The molecule has 6 nitrogen and oxygen atoms in total. The number of sulfone groups is 1. The number of anilines is 2. The summed E-state index contributed by atoms with van der Waals surface area (Å²) in [6.45, 7) is 2.61. The van der Waals surface area contributed by atoms with Crippen LogP contribution in [-0.2, 0) is 9.84 Å².